The van der Waals surface area contributed by atoms with Gasteiger partial charge < -0.3 is 11.1 Å². The van der Waals surface area contributed by atoms with Gasteiger partial charge in [0.2, 0.25) is 0 Å². The predicted molar refractivity (Wildman–Crippen MR) is 76.7 cm³/mol. The maximum Gasteiger partial charge on any atom is 0.254 e. The lowest BCUT2D eigenvalue weighted by Crippen LogP contribution is -2.32. The third-order valence-corrected chi connectivity index (χ3v) is 4.26. The molecule has 1 aliphatic rings. The number of hydrogen-bond donors (Lipinski definition) is 2. The number of rotatable bonds is 4. The van der Waals surface area contributed by atoms with Crippen LogP contribution in [0.5, 0.6) is 0 Å². The summed E-state index contributed by atoms with van der Waals surface area (Å²) in [5, 5.41) is 2.81. The molecule has 0 aromatic carbocycles. The zero-order valence-corrected chi connectivity index (χ0v) is 11.9. The van der Waals surface area contributed by atoms with Crippen LogP contribution in [0.1, 0.15) is 49.4 Å². The standard InChI is InChI=1S/C15H22FN3O/c1-2-10-3-5-11(6-4-10)9-19-15(20)12-7-8-18-14(17)13(12)16/h7-8,10-11H,2-6,9H2,1H3,(H2,17,18)(H,19,20). The quantitative estimate of drug-likeness (QED) is 0.890. The van der Waals surface area contributed by atoms with Crippen LogP contribution in [0.3, 0.4) is 0 Å². The lowest BCUT2D eigenvalue weighted by atomic mass is 9.81. The molecule has 20 heavy (non-hydrogen) atoms. The molecule has 0 atom stereocenters. The maximum absolute atomic E-state index is 13.7. The highest BCUT2D eigenvalue weighted by Gasteiger charge is 2.21. The number of hydrogen-bond acceptors (Lipinski definition) is 3. The number of nitrogens with two attached hydrogens (primary N) is 1. The first kappa shape index (κ1) is 14.8. The van der Waals surface area contributed by atoms with Crippen molar-refractivity contribution in [1.29, 1.82) is 0 Å². The molecule has 1 heterocycles. The van der Waals surface area contributed by atoms with E-state index in [0.29, 0.717) is 12.5 Å². The van der Waals surface area contributed by atoms with Gasteiger partial charge in [-0.3, -0.25) is 4.79 Å². The molecule has 1 aromatic rings. The molecule has 0 saturated heterocycles. The van der Waals surface area contributed by atoms with Crippen molar-refractivity contribution in [2.45, 2.75) is 39.0 Å². The zero-order valence-electron chi connectivity index (χ0n) is 11.9. The SMILES string of the molecule is CCC1CCC(CNC(=O)c2ccnc(N)c2F)CC1. The summed E-state index contributed by atoms with van der Waals surface area (Å²) in [6.07, 6.45) is 7.32. The Labute approximate surface area is 119 Å². The van der Waals surface area contributed by atoms with Gasteiger partial charge in [-0.25, -0.2) is 9.37 Å². The Kier molecular flexibility index (Phi) is 4.93. The highest BCUT2D eigenvalue weighted by Crippen LogP contribution is 2.30. The number of nitrogens with one attached hydrogen (secondary N) is 1. The van der Waals surface area contributed by atoms with Gasteiger partial charge in [0.25, 0.3) is 5.91 Å². The van der Waals surface area contributed by atoms with Gasteiger partial charge in [-0.15, -0.1) is 0 Å². The summed E-state index contributed by atoms with van der Waals surface area (Å²) in [5.74, 6) is -0.0432. The van der Waals surface area contributed by atoms with E-state index in [2.05, 4.69) is 17.2 Å². The van der Waals surface area contributed by atoms with Crippen molar-refractivity contribution in [3.05, 3.63) is 23.6 Å². The minimum absolute atomic E-state index is 0.0280. The molecule has 1 amide bonds. The summed E-state index contributed by atoms with van der Waals surface area (Å²) in [4.78, 5) is 15.6. The van der Waals surface area contributed by atoms with E-state index in [1.807, 2.05) is 0 Å². The van der Waals surface area contributed by atoms with Crippen molar-refractivity contribution in [2.24, 2.45) is 11.8 Å². The first-order valence-corrected chi connectivity index (χ1v) is 7.30. The molecule has 0 radical (unpaired) electrons. The van der Waals surface area contributed by atoms with Gasteiger partial charge in [0.15, 0.2) is 11.6 Å². The fraction of sp³-hybridized carbons (Fsp3) is 0.600. The van der Waals surface area contributed by atoms with E-state index in [9.17, 15) is 9.18 Å². The summed E-state index contributed by atoms with van der Waals surface area (Å²) in [5.41, 5.74) is 5.33. The Bertz CT molecular complexity index is 470. The van der Waals surface area contributed by atoms with E-state index in [1.165, 1.54) is 31.5 Å². The zero-order chi connectivity index (χ0) is 14.5. The number of nitrogen functional groups attached to an aromatic ring is 1. The van der Waals surface area contributed by atoms with Gasteiger partial charge in [0.05, 0.1) is 5.56 Å². The summed E-state index contributed by atoms with van der Waals surface area (Å²) in [6, 6.07) is 1.36. The van der Waals surface area contributed by atoms with E-state index >= 15 is 0 Å². The van der Waals surface area contributed by atoms with Crippen LogP contribution in [0.15, 0.2) is 12.3 Å². The Balaban J connectivity index is 1.85. The number of halogens is 1. The molecule has 1 saturated carbocycles. The molecule has 4 nitrogen and oxygen atoms in total. The molecule has 3 N–H and O–H groups in total. The van der Waals surface area contributed by atoms with Crippen LogP contribution in [0.4, 0.5) is 10.2 Å². The molecular weight excluding hydrogens is 257 g/mol. The molecule has 0 aliphatic heterocycles. The van der Waals surface area contributed by atoms with Crippen molar-refractivity contribution in [3.8, 4) is 0 Å². The summed E-state index contributed by atoms with van der Waals surface area (Å²) in [6.45, 7) is 2.83. The molecule has 1 aromatic heterocycles. The Morgan fingerprint density at radius 1 is 1.40 bits per heavy atom. The van der Waals surface area contributed by atoms with Gasteiger partial charge in [-0.1, -0.05) is 26.2 Å². The number of carbonyl (C=O) groups is 1. The van der Waals surface area contributed by atoms with Gasteiger partial charge in [0.1, 0.15) is 0 Å². The number of aromatic nitrogens is 1. The monoisotopic (exact) mass is 279 g/mol. The second-order valence-electron chi connectivity index (χ2n) is 5.56. The van der Waals surface area contributed by atoms with Crippen molar-refractivity contribution < 1.29 is 9.18 Å². The summed E-state index contributed by atoms with van der Waals surface area (Å²) < 4.78 is 13.7. The average Bonchev–Trinajstić information content (AvgIpc) is 2.48. The lowest BCUT2D eigenvalue weighted by molar-refractivity contribution is 0.0937. The van der Waals surface area contributed by atoms with Crippen LogP contribution in [-0.2, 0) is 0 Å². The molecular formula is C15H22FN3O. The van der Waals surface area contributed by atoms with Crippen molar-refractivity contribution >= 4 is 11.7 Å². The average molecular weight is 279 g/mol. The lowest BCUT2D eigenvalue weighted by Gasteiger charge is -2.27. The van der Waals surface area contributed by atoms with Crippen LogP contribution in [0, 0.1) is 17.7 Å². The van der Waals surface area contributed by atoms with Crippen LogP contribution >= 0.6 is 0 Å². The van der Waals surface area contributed by atoms with Crippen molar-refractivity contribution in [1.82, 2.24) is 10.3 Å². The predicted octanol–water partition coefficient (Wildman–Crippen LogP) is 2.75. The maximum atomic E-state index is 13.7. The molecule has 5 heteroatoms. The molecule has 1 aliphatic carbocycles. The van der Waals surface area contributed by atoms with Crippen LogP contribution in [0.25, 0.3) is 0 Å². The van der Waals surface area contributed by atoms with E-state index < -0.39 is 11.7 Å². The van der Waals surface area contributed by atoms with Crippen molar-refractivity contribution in [2.75, 3.05) is 12.3 Å². The second kappa shape index (κ2) is 6.68. The van der Waals surface area contributed by atoms with Crippen LogP contribution in [-0.4, -0.2) is 17.4 Å². The van der Waals surface area contributed by atoms with Crippen molar-refractivity contribution in [3.63, 3.8) is 0 Å². The normalized spacial score (nSPS) is 22.5. The molecule has 0 bridgehead atoms. The molecule has 1 fully saturated rings. The third kappa shape index (κ3) is 3.46. The van der Waals surface area contributed by atoms with E-state index in [1.54, 1.807) is 0 Å². The van der Waals surface area contributed by atoms with Gasteiger partial charge >= 0.3 is 0 Å². The highest BCUT2D eigenvalue weighted by atomic mass is 19.1. The first-order valence-electron chi connectivity index (χ1n) is 7.30. The van der Waals surface area contributed by atoms with E-state index in [4.69, 9.17) is 5.73 Å². The van der Waals surface area contributed by atoms with Gasteiger partial charge in [0, 0.05) is 12.7 Å². The summed E-state index contributed by atoms with van der Waals surface area (Å²) >= 11 is 0. The highest BCUT2D eigenvalue weighted by molar-refractivity contribution is 5.95. The molecule has 110 valence electrons. The van der Waals surface area contributed by atoms with E-state index in [0.717, 1.165) is 18.8 Å². The van der Waals surface area contributed by atoms with E-state index in [-0.39, 0.29) is 11.4 Å². The Morgan fingerprint density at radius 3 is 2.70 bits per heavy atom. The third-order valence-electron chi connectivity index (χ3n) is 4.26. The molecule has 0 spiro atoms. The largest absolute Gasteiger partial charge is 0.381 e. The van der Waals surface area contributed by atoms with Gasteiger partial charge in [-0.05, 0) is 30.7 Å². The number of pyridine rings is 1. The number of carbonyl (C=O) groups excluding carboxylic acids is 1. The number of amides is 1. The second-order valence-corrected chi connectivity index (χ2v) is 5.56. The fourth-order valence-corrected chi connectivity index (χ4v) is 2.81. The van der Waals surface area contributed by atoms with Gasteiger partial charge in [-0.2, -0.15) is 0 Å². The Hall–Kier alpha value is -1.65. The minimum atomic E-state index is -0.736. The smallest absolute Gasteiger partial charge is 0.254 e. The first-order chi connectivity index (χ1) is 9.61. The minimum Gasteiger partial charge on any atom is -0.381 e. The molecule has 0 unspecified atom stereocenters. The Morgan fingerprint density at radius 2 is 2.05 bits per heavy atom. The number of anilines is 1. The summed E-state index contributed by atoms with van der Waals surface area (Å²) in [7, 11) is 0. The van der Waals surface area contributed by atoms with Crippen LogP contribution < -0.4 is 11.1 Å². The molecule has 2 rings (SSSR count). The number of nitrogens with zero attached hydrogens (tertiary/aromatic N) is 1. The van der Waals surface area contributed by atoms with Crippen LogP contribution in [0.2, 0.25) is 0 Å². The fourth-order valence-electron chi connectivity index (χ4n) is 2.81. The topological polar surface area (TPSA) is 68.0 Å².